The van der Waals surface area contributed by atoms with E-state index < -0.39 is 0 Å². The van der Waals surface area contributed by atoms with Crippen LogP contribution in [0, 0.1) is 0 Å². The molecule has 6 nitrogen and oxygen atoms in total. The molecule has 3 rings (SSSR count). The number of imidazole rings is 1. The van der Waals surface area contributed by atoms with Gasteiger partial charge in [0.25, 0.3) is 11.8 Å². The molecule has 0 unspecified atom stereocenters. The average molecular weight is 405 g/mol. The smallest absolute Gasteiger partial charge is 0.255 e. The molecule has 0 radical (unpaired) electrons. The van der Waals surface area contributed by atoms with E-state index in [0.717, 1.165) is 24.2 Å². The van der Waals surface area contributed by atoms with Crippen molar-refractivity contribution in [3.05, 3.63) is 83.4 Å². The first-order chi connectivity index (χ1) is 14.3. The van der Waals surface area contributed by atoms with Crippen molar-refractivity contribution in [2.45, 2.75) is 39.0 Å². The minimum absolute atomic E-state index is 0.0244. The van der Waals surface area contributed by atoms with Crippen molar-refractivity contribution in [2.75, 3.05) is 11.9 Å². The predicted octanol–water partition coefficient (Wildman–Crippen LogP) is 4.32. The summed E-state index contributed by atoms with van der Waals surface area (Å²) in [5.74, 6) is 0.441. The first-order valence-electron chi connectivity index (χ1n) is 10.1. The summed E-state index contributed by atoms with van der Waals surface area (Å²) in [6.07, 6.45) is 5.02. The number of aromatic nitrogens is 2. The van der Waals surface area contributed by atoms with Crippen LogP contribution >= 0.6 is 0 Å². The van der Waals surface area contributed by atoms with Crippen molar-refractivity contribution in [3.8, 4) is 0 Å². The number of H-pyrrole nitrogens is 1. The zero-order valence-corrected chi connectivity index (χ0v) is 17.7. The quantitative estimate of drug-likeness (QED) is 0.513. The number of aryl methyl sites for hydroxylation is 1. The summed E-state index contributed by atoms with van der Waals surface area (Å²) < 4.78 is 0. The van der Waals surface area contributed by atoms with Crippen LogP contribution in [0.25, 0.3) is 0 Å². The maximum Gasteiger partial charge on any atom is 0.255 e. The molecule has 1 aromatic heterocycles. The van der Waals surface area contributed by atoms with E-state index in [2.05, 4.69) is 41.4 Å². The number of anilines is 1. The molecule has 0 atom stereocenters. The minimum atomic E-state index is -0.242. The third-order valence-corrected chi connectivity index (χ3v) is 4.86. The molecule has 3 aromatic rings. The summed E-state index contributed by atoms with van der Waals surface area (Å²) in [7, 11) is 0. The van der Waals surface area contributed by atoms with E-state index in [0.29, 0.717) is 23.4 Å². The molecule has 0 aliphatic heterocycles. The normalized spacial score (nSPS) is 11.2. The lowest BCUT2D eigenvalue weighted by atomic mass is 9.86. The number of benzene rings is 2. The van der Waals surface area contributed by atoms with Gasteiger partial charge >= 0.3 is 0 Å². The summed E-state index contributed by atoms with van der Waals surface area (Å²) in [6.45, 7) is 6.92. The maximum atomic E-state index is 12.7. The van der Waals surface area contributed by atoms with E-state index in [1.165, 1.54) is 0 Å². The number of amides is 2. The summed E-state index contributed by atoms with van der Waals surface area (Å²) in [5.41, 5.74) is 2.67. The van der Waals surface area contributed by atoms with Crippen molar-refractivity contribution in [2.24, 2.45) is 0 Å². The average Bonchev–Trinajstić information content (AvgIpc) is 3.24. The highest BCUT2D eigenvalue weighted by atomic mass is 16.2. The molecule has 1 heterocycles. The van der Waals surface area contributed by atoms with Gasteiger partial charge in [-0.3, -0.25) is 9.59 Å². The molecule has 0 spiro atoms. The Morgan fingerprint density at radius 3 is 2.40 bits per heavy atom. The first-order valence-corrected chi connectivity index (χ1v) is 10.1. The number of nitrogens with one attached hydrogen (secondary N) is 3. The van der Waals surface area contributed by atoms with Gasteiger partial charge in [0.1, 0.15) is 5.82 Å². The van der Waals surface area contributed by atoms with Gasteiger partial charge in [0.15, 0.2) is 0 Å². The van der Waals surface area contributed by atoms with Crippen molar-refractivity contribution in [1.29, 1.82) is 0 Å². The van der Waals surface area contributed by atoms with Crippen LogP contribution in [0.1, 0.15) is 59.3 Å². The highest BCUT2D eigenvalue weighted by Gasteiger charge is 2.16. The molecular formula is C24H28N4O2. The first kappa shape index (κ1) is 21.3. The Labute approximate surface area is 177 Å². The fraction of sp³-hybridized carbons (Fsp3) is 0.292. The number of aromatic amines is 1. The van der Waals surface area contributed by atoms with Crippen molar-refractivity contribution in [1.82, 2.24) is 15.3 Å². The molecule has 0 aliphatic carbocycles. The lowest BCUT2D eigenvalue weighted by Gasteiger charge is -2.19. The Kier molecular flexibility index (Phi) is 6.67. The van der Waals surface area contributed by atoms with Crippen LogP contribution in [-0.2, 0) is 11.8 Å². The van der Waals surface area contributed by atoms with Crippen LogP contribution in [0.15, 0.2) is 60.9 Å². The standard InChI is InChI=1S/C24H28N4O2/c1-24(2,3)18-12-10-17(11-13-18)22(29)28-20-8-5-4-7-19(20)23(30)27-14-6-9-21-25-15-16-26-21/h4-5,7-8,10-13,15-16H,6,9,14H2,1-3H3,(H,25,26)(H,27,30)(H,28,29). The van der Waals surface area contributed by atoms with Crippen LogP contribution in [0.2, 0.25) is 0 Å². The van der Waals surface area contributed by atoms with Crippen LogP contribution in [-0.4, -0.2) is 28.3 Å². The van der Waals surface area contributed by atoms with Gasteiger partial charge in [-0.25, -0.2) is 4.98 Å². The zero-order valence-electron chi connectivity index (χ0n) is 17.7. The molecule has 156 valence electrons. The molecule has 2 aromatic carbocycles. The number of para-hydroxylation sites is 1. The SMILES string of the molecule is CC(C)(C)c1ccc(C(=O)Nc2ccccc2C(=O)NCCCc2ncc[nH]2)cc1. The monoisotopic (exact) mass is 404 g/mol. The molecule has 0 fully saturated rings. The number of rotatable bonds is 7. The summed E-state index contributed by atoms with van der Waals surface area (Å²) in [4.78, 5) is 32.5. The van der Waals surface area contributed by atoms with Crippen LogP contribution < -0.4 is 10.6 Å². The number of carbonyl (C=O) groups excluding carboxylic acids is 2. The second-order valence-corrected chi connectivity index (χ2v) is 8.22. The van der Waals surface area contributed by atoms with Gasteiger partial charge in [-0.15, -0.1) is 0 Å². The second-order valence-electron chi connectivity index (χ2n) is 8.22. The topological polar surface area (TPSA) is 86.9 Å². The van der Waals surface area contributed by atoms with E-state index in [1.54, 1.807) is 36.7 Å². The summed E-state index contributed by atoms with van der Waals surface area (Å²) in [6, 6.07) is 14.6. The van der Waals surface area contributed by atoms with Gasteiger partial charge in [-0.2, -0.15) is 0 Å². The van der Waals surface area contributed by atoms with E-state index in [9.17, 15) is 9.59 Å². The third-order valence-electron chi connectivity index (χ3n) is 4.86. The van der Waals surface area contributed by atoms with Gasteiger partial charge in [-0.1, -0.05) is 45.0 Å². The fourth-order valence-electron chi connectivity index (χ4n) is 3.09. The molecule has 6 heteroatoms. The third kappa shape index (κ3) is 5.56. The number of carbonyl (C=O) groups is 2. The van der Waals surface area contributed by atoms with Gasteiger partial charge in [-0.05, 0) is 41.7 Å². The Balaban J connectivity index is 1.61. The van der Waals surface area contributed by atoms with E-state index in [1.807, 2.05) is 24.3 Å². The summed E-state index contributed by atoms with van der Waals surface area (Å²) >= 11 is 0. The van der Waals surface area contributed by atoms with E-state index >= 15 is 0 Å². The lowest BCUT2D eigenvalue weighted by Crippen LogP contribution is -2.26. The largest absolute Gasteiger partial charge is 0.352 e. The molecule has 0 bridgehead atoms. The number of hydrogen-bond acceptors (Lipinski definition) is 3. The Bertz CT molecular complexity index is 987. The highest BCUT2D eigenvalue weighted by Crippen LogP contribution is 2.23. The molecule has 0 saturated heterocycles. The van der Waals surface area contributed by atoms with Crippen LogP contribution in [0.5, 0.6) is 0 Å². The fourth-order valence-corrected chi connectivity index (χ4v) is 3.09. The molecule has 2 amide bonds. The molecular weight excluding hydrogens is 376 g/mol. The van der Waals surface area contributed by atoms with Crippen molar-refractivity contribution >= 4 is 17.5 Å². The molecule has 3 N–H and O–H groups in total. The minimum Gasteiger partial charge on any atom is -0.352 e. The maximum absolute atomic E-state index is 12.7. The summed E-state index contributed by atoms with van der Waals surface area (Å²) in [5, 5.41) is 5.77. The van der Waals surface area contributed by atoms with Crippen molar-refractivity contribution in [3.63, 3.8) is 0 Å². The highest BCUT2D eigenvalue weighted by molar-refractivity contribution is 6.09. The number of hydrogen-bond donors (Lipinski definition) is 3. The van der Waals surface area contributed by atoms with Crippen molar-refractivity contribution < 1.29 is 9.59 Å². The molecule has 0 saturated carbocycles. The van der Waals surface area contributed by atoms with Gasteiger partial charge in [0, 0.05) is 30.9 Å². The Morgan fingerprint density at radius 1 is 1.00 bits per heavy atom. The Hall–Kier alpha value is -3.41. The van der Waals surface area contributed by atoms with Crippen LogP contribution in [0.4, 0.5) is 5.69 Å². The zero-order chi connectivity index (χ0) is 21.6. The van der Waals surface area contributed by atoms with Gasteiger partial charge in [0.05, 0.1) is 11.3 Å². The van der Waals surface area contributed by atoms with Gasteiger partial charge in [0.2, 0.25) is 0 Å². The Morgan fingerprint density at radius 2 is 1.73 bits per heavy atom. The van der Waals surface area contributed by atoms with Crippen LogP contribution in [0.3, 0.4) is 0 Å². The predicted molar refractivity (Wildman–Crippen MR) is 119 cm³/mol. The van der Waals surface area contributed by atoms with E-state index in [-0.39, 0.29) is 17.2 Å². The second kappa shape index (κ2) is 9.39. The molecule has 30 heavy (non-hydrogen) atoms. The lowest BCUT2D eigenvalue weighted by molar-refractivity contribution is 0.0954. The molecule has 0 aliphatic rings. The van der Waals surface area contributed by atoms with E-state index in [4.69, 9.17) is 0 Å². The number of nitrogens with zero attached hydrogens (tertiary/aromatic N) is 1. The van der Waals surface area contributed by atoms with Gasteiger partial charge < -0.3 is 15.6 Å².